The minimum atomic E-state index is -0.103. The largest absolute Gasteiger partial charge is 0.318 e. The summed E-state index contributed by atoms with van der Waals surface area (Å²) in [5.74, 6) is 2.28. The smallest absolute Gasteiger partial charge is 0.241 e. The van der Waals surface area contributed by atoms with E-state index in [0.717, 1.165) is 11.5 Å². The first-order chi connectivity index (χ1) is 9.56. The van der Waals surface area contributed by atoms with Gasteiger partial charge in [-0.1, -0.05) is 31.2 Å². The summed E-state index contributed by atoms with van der Waals surface area (Å²) in [6, 6.07) is 8.45. The van der Waals surface area contributed by atoms with E-state index in [-0.39, 0.29) is 24.2 Å². The van der Waals surface area contributed by atoms with Gasteiger partial charge in [0.25, 0.3) is 0 Å². The Labute approximate surface area is 126 Å². The first-order valence-electron chi connectivity index (χ1n) is 7.27. The topological polar surface area (TPSA) is 32.3 Å². The van der Waals surface area contributed by atoms with Gasteiger partial charge in [0.05, 0.1) is 6.04 Å². The van der Waals surface area contributed by atoms with Crippen LogP contribution in [0.25, 0.3) is 0 Å². The molecule has 3 atom stereocenters. The molecular formula is C16H24N2OS. The van der Waals surface area contributed by atoms with E-state index in [1.54, 1.807) is 0 Å². The summed E-state index contributed by atoms with van der Waals surface area (Å²) in [5.41, 5.74) is 2.44. The van der Waals surface area contributed by atoms with Crippen molar-refractivity contribution in [3.8, 4) is 0 Å². The molecule has 20 heavy (non-hydrogen) atoms. The van der Waals surface area contributed by atoms with Crippen LogP contribution >= 0.6 is 11.8 Å². The molecule has 1 N–H and O–H groups in total. The number of hydrogen-bond donors (Lipinski definition) is 1. The van der Waals surface area contributed by atoms with Gasteiger partial charge in [-0.25, -0.2) is 0 Å². The van der Waals surface area contributed by atoms with E-state index >= 15 is 0 Å². The Morgan fingerprint density at radius 2 is 2.10 bits per heavy atom. The molecule has 1 aromatic carbocycles. The average Bonchev–Trinajstić information content (AvgIpc) is 2.73. The monoisotopic (exact) mass is 292 g/mol. The van der Waals surface area contributed by atoms with Gasteiger partial charge in [0, 0.05) is 11.8 Å². The van der Waals surface area contributed by atoms with Gasteiger partial charge in [0.2, 0.25) is 5.91 Å². The molecule has 0 radical (unpaired) electrons. The Balaban J connectivity index is 2.26. The molecular weight excluding hydrogens is 268 g/mol. The standard InChI is InChI=1S/C16H24N2OS/c1-5-20-10-12(3)18-15(17-13(4)16(18)19)14-9-7-6-8-11(14)2/h6-9,12-13,15,17H,5,10H2,1-4H3. The number of aryl methyl sites for hydroxylation is 1. The molecule has 1 amide bonds. The Bertz CT molecular complexity index is 477. The number of benzene rings is 1. The van der Waals surface area contributed by atoms with Gasteiger partial charge in [0.1, 0.15) is 6.17 Å². The fourth-order valence-electron chi connectivity index (χ4n) is 2.71. The van der Waals surface area contributed by atoms with Gasteiger partial charge in [-0.3, -0.25) is 10.1 Å². The Morgan fingerprint density at radius 3 is 2.75 bits per heavy atom. The summed E-state index contributed by atoms with van der Waals surface area (Å²) < 4.78 is 0. The van der Waals surface area contributed by atoms with Gasteiger partial charge in [0.15, 0.2) is 0 Å². The van der Waals surface area contributed by atoms with Gasteiger partial charge in [-0.05, 0) is 37.7 Å². The van der Waals surface area contributed by atoms with Crippen LogP contribution in [-0.2, 0) is 4.79 Å². The van der Waals surface area contributed by atoms with Crippen molar-refractivity contribution in [2.45, 2.75) is 45.9 Å². The van der Waals surface area contributed by atoms with Crippen molar-refractivity contribution in [2.24, 2.45) is 0 Å². The Hall–Kier alpha value is -1.00. The van der Waals surface area contributed by atoms with Crippen LogP contribution in [0.2, 0.25) is 0 Å². The maximum Gasteiger partial charge on any atom is 0.241 e. The SMILES string of the molecule is CCSCC(C)N1C(=O)C(C)NC1c1ccccc1C. The van der Waals surface area contributed by atoms with E-state index in [1.807, 2.05) is 35.7 Å². The third kappa shape index (κ3) is 3.01. The predicted octanol–water partition coefficient (Wildman–Crippen LogP) is 2.96. The second-order valence-electron chi connectivity index (χ2n) is 5.40. The first-order valence-corrected chi connectivity index (χ1v) is 8.43. The van der Waals surface area contributed by atoms with Gasteiger partial charge in [-0.15, -0.1) is 0 Å². The van der Waals surface area contributed by atoms with Crippen molar-refractivity contribution < 1.29 is 4.79 Å². The van der Waals surface area contributed by atoms with Gasteiger partial charge in [-0.2, -0.15) is 11.8 Å². The molecule has 1 saturated heterocycles. The van der Waals surface area contributed by atoms with Crippen molar-refractivity contribution in [3.63, 3.8) is 0 Å². The summed E-state index contributed by atoms with van der Waals surface area (Å²) >= 11 is 1.89. The lowest BCUT2D eigenvalue weighted by atomic mass is 10.1. The highest BCUT2D eigenvalue weighted by atomic mass is 32.2. The molecule has 2 rings (SSSR count). The van der Waals surface area contributed by atoms with Crippen LogP contribution in [0.5, 0.6) is 0 Å². The van der Waals surface area contributed by atoms with Crippen molar-refractivity contribution in [2.75, 3.05) is 11.5 Å². The van der Waals surface area contributed by atoms with Crippen molar-refractivity contribution in [1.29, 1.82) is 0 Å². The summed E-state index contributed by atoms with van der Waals surface area (Å²) in [7, 11) is 0. The lowest BCUT2D eigenvalue weighted by molar-refractivity contribution is -0.131. The zero-order valence-electron chi connectivity index (χ0n) is 12.7. The molecule has 0 aromatic heterocycles. The molecule has 4 heteroatoms. The highest BCUT2D eigenvalue weighted by molar-refractivity contribution is 7.99. The third-order valence-electron chi connectivity index (χ3n) is 3.83. The molecule has 110 valence electrons. The van der Waals surface area contributed by atoms with E-state index in [9.17, 15) is 4.79 Å². The summed E-state index contributed by atoms with van der Waals surface area (Å²) in [5, 5.41) is 3.44. The van der Waals surface area contributed by atoms with Crippen LogP contribution < -0.4 is 5.32 Å². The lowest BCUT2D eigenvalue weighted by Gasteiger charge is -2.31. The second kappa shape index (κ2) is 6.64. The third-order valence-corrected chi connectivity index (χ3v) is 4.96. The number of nitrogens with one attached hydrogen (secondary N) is 1. The van der Waals surface area contributed by atoms with E-state index in [4.69, 9.17) is 0 Å². The van der Waals surface area contributed by atoms with Gasteiger partial charge >= 0.3 is 0 Å². The highest BCUT2D eigenvalue weighted by Crippen LogP contribution is 2.30. The van der Waals surface area contributed by atoms with E-state index < -0.39 is 0 Å². The minimum absolute atomic E-state index is 0.00570. The number of hydrogen-bond acceptors (Lipinski definition) is 3. The molecule has 1 aliphatic heterocycles. The summed E-state index contributed by atoms with van der Waals surface area (Å²) in [4.78, 5) is 14.5. The van der Waals surface area contributed by atoms with Crippen LogP contribution in [0.4, 0.5) is 0 Å². The normalized spacial score (nSPS) is 24.2. The number of thioether (sulfide) groups is 1. The number of carbonyl (C=O) groups excluding carboxylic acids is 1. The molecule has 1 aromatic rings. The van der Waals surface area contributed by atoms with Crippen molar-refractivity contribution in [1.82, 2.24) is 10.2 Å². The number of nitrogens with zero attached hydrogens (tertiary/aromatic N) is 1. The number of rotatable bonds is 5. The quantitative estimate of drug-likeness (QED) is 0.905. The average molecular weight is 292 g/mol. The zero-order chi connectivity index (χ0) is 14.7. The van der Waals surface area contributed by atoms with E-state index in [1.165, 1.54) is 11.1 Å². The van der Waals surface area contributed by atoms with Crippen LogP contribution in [0.1, 0.15) is 38.1 Å². The molecule has 1 aliphatic rings. The fourth-order valence-corrected chi connectivity index (χ4v) is 3.45. The molecule has 3 unspecified atom stereocenters. The van der Waals surface area contributed by atoms with E-state index in [2.05, 4.69) is 38.2 Å². The highest BCUT2D eigenvalue weighted by Gasteiger charge is 2.39. The van der Waals surface area contributed by atoms with E-state index in [0.29, 0.717) is 0 Å². The molecule has 1 heterocycles. The zero-order valence-corrected chi connectivity index (χ0v) is 13.5. The molecule has 0 aliphatic carbocycles. The first kappa shape index (κ1) is 15.4. The van der Waals surface area contributed by atoms with Crippen LogP contribution in [0.15, 0.2) is 24.3 Å². The van der Waals surface area contributed by atoms with Crippen LogP contribution in [-0.4, -0.2) is 34.4 Å². The van der Waals surface area contributed by atoms with Crippen molar-refractivity contribution in [3.05, 3.63) is 35.4 Å². The summed E-state index contributed by atoms with van der Waals surface area (Å²) in [6.45, 7) is 8.36. The fraction of sp³-hybridized carbons (Fsp3) is 0.562. The molecule has 1 fully saturated rings. The van der Waals surface area contributed by atoms with Crippen LogP contribution in [0, 0.1) is 6.92 Å². The van der Waals surface area contributed by atoms with Crippen LogP contribution in [0.3, 0.4) is 0 Å². The molecule has 0 bridgehead atoms. The van der Waals surface area contributed by atoms with Gasteiger partial charge < -0.3 is 4.90 Å². The maximum absolute atomic E-state index is 12.5. The molecule has 0 saturated carbocycles. The maximum atomic E-state index is 12.5. The minimum Gasteiger partial charge on any atom is -0.318 e. The predicted molar refractivity (Wildman–Crippen MR) is 85.8 cm³/mol. The Kier molecular flexibility index (Phi) is 5.11. The number of carbonyl (C=O) groups is 1. The molecule has 3 nitrogen and oxygen atoms in total. The Morgan fingerprint density at radius 1 is 1.40 bits per heavy atom. The second-order valence-corrected chi connectivity index (χ2v) is 6.72. The van der Waals surface area contributed by atoms with Crippen molar-refractivity contribution >= 4 is 17.7 Å². The molecule has 0 spiro atoms. The summed E-state index contributed by atoms with van der Waals surface area (Å²) in [6.07, 6.45) is 0.00570. The number of amides is 1. The lowest BCUT2D eigenvalue weighted by Crippen LogP contribution is -2.40.